The van der Waals surface area contributed by atoms with Gasteiger partial charge in [0.1, 0.15) is 11.6 Å². The molecule has 0 bridgehead atoms. The molecule has 0 aliphatic rings. The largest absolute Gasteiger partial charge is 0.325 e. The van der Waals surface area contributed by atoms with Gasteiger partial charge in [-0.15, -0.1) is 0 Å². The zero-order valence-electron chi connectivity index (χ0n) is 16.5. The SMILES string of the molecule is Cc1cc(-c2cccc(CN(CC(C)C)CC(C)C)c2)c(C#N)c(=O)[nH]1. The molecule has 0 amide bonds. The predicted molar refractivity (Wildman–Crippen MR) is 107 cm³/mol. The number of aromatic nitrogens is 1. The molecule has 4 heteroatoms. The molecule has 2 rings (SSSR count). The van der Waals surface area contributed by atoms with Crippen molar-refractivity contribution in [2.45, 2.75) is 41.2 Å². The number of aromatic amines is 1. The lowest BCUT2D eigenvalue weighted by molar-refractivity contribution is 0.211. The van der Waals surface area contributed by atoms with Crippen LogP contribution < -0.4 is 5.56 Å². The van der Waals surface area contributed by atoms with Crippen molar-refractivity contribution in [1.29, 1.82) is 5.26 Å². The molecule has 0 fully saturated rings. The van der Waals surface area contributed by atoms with Crippen molar-refractivity contribution >= 4 is 0 Å². The van der Waals surface area contributed by atoms with Crippen LogP contribution in [0.4, 0.5) is 0 Å². The van der Waals surface area contributed by atoms with Crippen LogP contribution in [0.1, 0.15) is 44.5 Å². The number of nitrogens with zero attached hydrogens (tertiary/aromatic N) is 2. The number of benzene rings is 1. The van der Waals surface area contributed by atoms with E-state index in [1.165, 1.54) is 5.56 Å². The normalized spacial score (nSPS) is 11.3. The number of nitriles is 1. The van der Waals surface area contributed by atoms with Crippen LogP contribution in [0, 0.1) is 30.1 Å². The summed E-state index contributed by atoms with van der Waals surface area (Å²) in [6, 6.07) is 12.1. The molecule has 4 nitrogen and oxygen atoms in total. The Morgan fingerprint density at radius 1 is 1.12 bits per heavy atom. The predicted octanol–water partition coefficient (Wildman–Crippen LogP) is 4.34. The summed E-state index contributed by atoms with van der Waals surface area (Å²) >= 11 is 0. The topological polar surface area (TPSA) is 59.9 Å². The molecule has 0 atom stereocenters. The maximum absolute atomic E-state index is 12.1. The Labute approximate surface area is 156 Å². The number of rotatable bonds is 7. The highest BCUT2D eigenvalue weighted by atomic mass is 16.1. The molecule has 0 saturated heterocycles. The highest BCUT2D eigenvalue weighted by Crippen LogP contribution is 2.24. The molecule has 0 aliphatic heterocycles. The number of aryl methyl sites for hydroxylation is 1. The molecule has 0 aliphatic carbocycles. The van der Waals surface area contributed by atoms with Gasteiger partial charge in [0.2, 0.25) is 0 Å². The minimum atomic E-state index is -0.325. The first-order valence-corrected chi connectivity index (χ1v) is 9.25. The van der Waals surface area contributed by atoms with Crippen molar-refractivity contribution in [3.05, 3.63) is 57.5 Å². The molecule has 0 saturated carbocycles. The Hall–Kier alpha value is -2.38. The van der Waals surface area contributed by atoms with Gasteiger partial charge in [0.25, 0.3) is 5.56 Å². The van der Waals surface area contributed by atoms with E-state index in [0.29, 0.717) is 17.4 Å². The summed E-state index contributed by atoms with van der Waals surface area (Å²) in [7, 11) is 0. The second-order valence-corrected chi connectivity index (χ2v) is 7.86. The van der Waals surface area contributed by atoms with Crippen LogP contribution in [0.25, 0.3) is 11.1 Å². The van der Waals surface area contributed by atoms with Crippen molar-refractivity contribution in [3.63, 3.8) is 0 Å². The van der Waals surface area contributed by atoms with Gasteiger partial charge in [-0.2, -0.15) is 5.26 Å². The Balaban J connectivity index is 2.36. The summed E-state index contributed by atoms with van der Waals surface area (Å²) in [5.41, 5.74) is 3.43. The zero-order chi connectivity index (χ0) is 19.3. The van der Waals surface area contributed by atoms with E-state index < -0.39 is 0 Å². The third kappa shape index (κ3) is 5.31. The van der Waals surface area contributed by atoms with Gasteiger partial charge in [-0.3, -0.25) is 9.69 Å². The molecule has 1 N–H and O–H groups in total. The molecule has 0 unspecified atom stereocenters. The minimum Gasteiger partial charge on any atom is -0.325 e. The average molecular weight is 351 g/mol. The molecule has 138 valence electrons. The van der Waals surface area contributed by atoms with E-state index in [-0.39, 0.29) is 11.1 Å². The standard InChI is InChI=1S/C22H29N3O/c1-15(2)12-25(13-16(3)4)14-18-7-6-8-19(10-18)20-9-17(5)24-22(26)21(20)11-23/h6-10,15-16H,12-14H2,1-5H3,(H,24,26). The van der Waals surface area contributed by atoms with Gasteiger partial charge in [-0.05, 0) is 42.0 Å². The van der Waals surface area contributed by atoms with Gasteiger partial charge < -0.3 is 4.98 Å². The second kappa shape index (κ2) is 8.82. The van der Waals surface area contributed by atoms with Crippen LogP contribution in [0.15, 0.2) is 35.1 Å². The summed E-state index contributed by atoms with van der Waals surface area (Å²) in [6.07, 6.45) is 0. The Morgan fingerprint density at radius 2 is 1.77 bits per heavy atom. The fraction of sp³-hybridized carbons (Fsp3) is 0.455. The van der Waals surface area contributed by atoms with Crippen LogP contribution in [0.5, 0.6) is 0 Å². The van der Waals surface area contributed by atoms with Gasteiger partial charge in [0.15, 0.2) is 0 Å². The third-order valence-corrected chi connectivity index (χ3v) is 4.17. The van der Waals surface area contributed by atoms with Gasteiger partial charge >= 0.3 is 0 Å². The molecule has 0 spiro atoms. The van der Waals surface area contributed by atoms with Gasteiger partial charge in [-0.25, -0.2) is 0 Å². The van der Waals surface area contributed by atoms with Crippen molar-refractivity contribution < 1.29 is 0 Å². The lowest BCUT2D eigenvalue weighted by atomic mass is 9.99. The number of hydrogen-bond donors (Lipinski definition) is 1. The Kier molecular flexibility index (Phi) is 6.76. The van der Waals surface area contributed by atoms with Crippen LogP contribution in [-0.2, 0) is 6.54 Å². The molecule has 1 aromatic heterocycles. The highest BCUT2D eigenvalue weighted by molar-refractivity contribution is 5.70. The summed E-state index contributed by atoms with van der Waals surface area (Å²) in [5.74, 6) is 1.22. The van der Waals surface area contributed by atoms with Crippen molar-refractivity contribution in [3.8, 4) is 17.2 Å². The van der Waals surface area contributed by atoms with E-state index in [1.807, 2.05) is 31.2 Å². The van der Waals surface area contributed by atoms with Crippen LogP contribution in [-0.4, -0.2) is 23.0 Å². The lowest BCUT2D eigenvalue weighted by Gasteiger charge is -2.26. The van der Waals surface area contributed by atoms with Gasteiger partial charge in [0, 0.05) is 30.9 Å². The van der Waals surface area contributed by atoms with Gasteiger partial charge in [0.05, 0.1) is 0 Å². The van der Waals surface area contributed by atoms with Crippen molar-refractivity contribution in [2.24, 2.45) is 11.8 Å². The smallest absolute Gasteiger partial charge is 0.266 e. The third-order valence-electron chi connectivity index (χ3n) is 4.17. The van der Waals surface area contributed by atoms with E-state index in [1.54, 1.807) is 0 Å². The number of hydrogen-bond acceptors (Lipinski definition) is 3. The summed E-state index contributed by atoms with van der Waals surface area (Å²) < 4.78 is 0. The number of nitrogens with one attached hydrogen (secondary N) is 1. The first kappa shape index (κ1) is 19.9. The first-order chi connectivity index (χ1) is 12.3. The molecule has 0 radical (unpaired) electrons. The molecular formula is C22H29N3O. The summed E-state index contributed by atoms with van der Waals surface area (Å²) in [6.45, 7) is 13.8. The van der Waals surface area contributed by atoms with E-state index >= 15 is 0 Å². The Morgan fingerprint density at radius 3 is 2.35 bits per heavy atom. The maximum atomic E-state index is 12.1. The highest BCUT2D eigenvalue weighted by Gasteiger charge is 2.13. The average Bonchev–Trinajstić information content (AvgIpc) is 2.53. The Bertz CT molecular complexity index is 833. The molecule has 1 heterocycles. The summed E-state index contributed by atoms with van der Waals surface area (Å²) in [5, 5.41) is 9.39. The van der Waals surface area contributed by atoms with Crippen molar-refractivity contribution in [2.75, 3.05) is 13.1 Å². The fourth-order valence-corrected chi connectivity index (χ4v) is 3.36. The van der Waals surface area contributed by atoms with E-state index in [2.05, 4.69) is 49.7 Å². The van der Waals surface area contributed by atoms with Gasteiger partial charge in [-0.1, -0.05) is 45.9 Å². The molecule has 2 aromatic rings. The summed E-state index contributed by atoms with van der Waals surface area (Å²) in [4.78, 5) is 17.3. The van der Waals surface area contributed by atoms with Crippen LogP contribution in [0.3, 0.4) is 0 Å². The quantitative estimate of drug-likeness (QED) is 0.807. The van der Waals surface area contributed by atoms with E-state index in [4.69, 9.17) is 0 Å². The van der Waals surface area contributed by atoms with E-state index in [9.17, 15) is 10.1 Å². The molecule has 26 heavy (non-hydrogen) atoms. The van der Waals surface area contributed by atoms with Crippen LogP contribution >= 0.6 is 0 Å². The number of H-pyrrole nitrogens is 1. The van der Waals surface area contributed by atoms with Crippen LogP contribution in [0.2, 0.25) is 0 Å². The number of pyridine rings is 1. The zero-order valence-corrected chi connectivity index (χ0v) is 16.5. The maximum Gasteiger partial charge on any atom is 0.266 e. The fourth-order valence-electron chi connectivity index (χ4n) is 3.36. The monoisotopic (exact) mass is 351 g/mol. The second-order valence-electron chi connectivity index (χ2n) is 7.86. The lowest BCUT2D eigenvalue weighted by Crippen LogP contribution is -2.30. The minimum absolute atomic E-state index is 0.175. The molecule has 1 aromatic carbocycles. The van der Waals surface area contributed by atoms with E-state index in [0.717, 1.165) is 30.9 Å². The molecular weight excluding hydrogens is 322 g/mol. The van der Waals surface area contributed by atoms with Crippen molar-refractivity contribution in [1.82, 2.24) is 9.88 Å². The first-order valence-electron chi connectivity index (χ1n) is 9.25.